The van der Waals surface area contributed by atoms with Crippen molar-refractivity contribution in [3.8, 4) is 0 Å². The molecule has 0 aliphatic heterocycles. The Morgan fingerprint density at radius 1 is 1.46 bits per heavy atom. The van der Waals surface area contributed by atoms with E-state index in [2.05, 4.69) is 28.6 Å². The number of aromatic amines is 1. The van der Waals surface area contributed by atoms with Gasteiger partial charge in [0.25, 0.3) is 0 Å². The normalized spacial score (nSPS) is 11.0. The van der Waals surface area contributed by atoms with Gasteiger partial charge in [-0.15, -0.1) is 0 Å². The molecule has 0 aliphatic carbocycles. The summed E-state index contributed by atoms with van der Waals surface area (Å²) in [6, 6.07) is 0. The average molecular weight is 193 g/mol. The Labute approximate surface area is 81.4 Å². The number of nitrogens with zero attached hydrogens (tertiary/aromatic N) is 2. The van der Waals surface area contributed by atoms with Gasteiger partial charge in [0.15, 0.2) is 0 Å². The lowest BCUT2D eigenvalue weighted by Crippen LogP contribution is -1.92. The summed E-state index contributed by atoms with van der Waals surface area (Å²) < 4.78 is 2.81. The molecule has 4 heteroatoms. The van der Waals surface area contributed by atoms with Crippen LogP contribution in [-0.4, -0.2) is 14.8 Å². The lowest BCUT2D eigenvalue weighted by atomic mass is 10.2. The largest absolute Gasteiger partial charge is 0.345 e. The second-order valence-electron chi connectivity index (χ2n) is 3.23. The first-order chi connectivity index (χ1) is 6.13. The zero-order valence-corrected chi connectivity index (χ0v) is 8.70. The van der Waals surface area contributed by atoms with E-state index in [0.29, 0.717) is 4.64 Å². The van der Waals surface area contributed by atoms with E-state index in [0.717, 1.165) is 10.9 Å². The predicted octanol–water partition coefficient (Wildman–Crippen LogP) is 2.25. The highest BCUT2D eigenvalue weighted by Gasteiger charge is 2.08. The van der Waals surface area contributed by atoms with Gasteiger partial charge in [0, 0.05) is 18.1 Å². The Morgan fingerprint density at radius 2 is 2.15 bits per heavy atom. The van der Waals surface area contributed by atoms with Crippen molar-refractivity contribution >= 4 is 23.1 Å². The van der Waals surface area contributed by atoms with Gasteiger partial charge in [0.05, 0.1) is 11.7 Å². The third-order valence-corrected chi connectivity index (χ3v) is 2.90. The molecule has 2 rings (SSSR count). The minimum atomic E-state index is 0.705. The van der Waals surface area contributed by atoms with Gasteiger partial charge in [-0.05, 0) is 19.4 Å². The average Bonchev–Trinajstić information content (AvgIpc) is 2.33. The molecule has 13 heavy (non-hydrogen) atoms. The summed E-state index contributed by atoms with van der Waals surface area (Å²) in [5.74, 6) is 0. The molecule has 0 bridgehead atoms. The van der Waals surface area contributed by atoms with Gasteiger partial charge in [-0.3, -0.25) is 5.10 Å². The molecule has 0 saturated carbocycles. The Balaban J connectivity index is 3.12. The molecule has 3 nitrogen and oxygen atoms in total. The van der Waals surface area contributed by atoms with Crippen LogP contribution in [0.1, 0.15) is 11.3 Å². The third kappa shape index (κ3) is 1.02. The molecule has 0 atom stereocenters. The first-order valence-corrected chi connectivity index (χ1v) is 4.53. The van der Waals surface area contributed by atoms with Crippen molar-refractivity contribution in [3.63, 3.8) is 0 Å². The Bertz CT molecular complexity index is 521. The van der Waals surface area contributed by atoms with Crippen LogP contribution in [0, 0.1) is 18.5 Å². The topological polar surface area (TPSA) is 33.6 Å². The maximum absolute atomic E-state index is 5.18. The lowest BCUT2D eigenvalue weighted by molar-refractivity contribution is 0.900. The van der Waals surface area contributed by atoms with Crippen molar-refractivity contribution in [2.45, 2.75) is 13.8 Å². The zero-order valence-electron chi connectivity index (χ0n) is 7.88. The van der Waals surface area contributed by atoms with Gasteiger partial charge < -0.3 is 4.57 Å². The molecule has 0 amide bonds. The molecule has 0 spiro atoms. The van der Waals surface area contributed by atoms with Crippen LogP contribution in [0.5, 0.6) is 0 Å². The summed E-state index contributed by atoms with van der Waals surface area (Å²) in [4.78, 5) is 0. The van der Waals surface area contributed by atoms with Crippen molar-refractivity contribution in [2.75, 3.05) is 0 Å². The van der Waals surface area contributed by atoms with Crippen molar-refractivity contribution in [2.24, 2.45) is 7.05 Å². The van der Waals surface area contributed by atoms with Crippen molar-refractivity contribution in [1.82, 2.24) is 14.8 Å². The fraction of sp³-hybridized carbons (Fsp3) is 0.333. The molecule has 0 saturated heterocycles. The fourth-order valence-electron chi connectivity index (χ4n) is 1.61. The van der Waals surface area contributed by atoms with Gasteiger partial charge >= 0.3 is 0 Å². The molecular weight excluding hydrogens is 182 g/mol. The number of aryl methyl sites for hydroxylation is 2. The smallest absolute Gasteiger partial charge is 0.144 e. The molecule has 0 radical (unpaired) electrons. The third-order valence-electron chi connectivity index (χ3n) is 2.62. The monoisotopic (exact) mass is 193 g/mol. The molecule has 0 unspecified atom stereocenters. The number of nitrogens with one attached hydrogen (secondary N) is 1. The van der Waals surface area contributed by atoms with E-state index >= 15 is 0 Å². The second-order valence-corrected chi connectivity index (χ2v) is 3.64. The SMILES string of the molecule is Cc1c(C)n(C)c2c(=S)[nH]ncc12. The van der Waals surface area contributed by atoms with E-state index in [9.17, 15) is 0 Å². The number of hydrogen-bond donors (Lipinski definition) is 1. The van der Waals surface area contributed by atoms with E-state index in [1.807, 2.05) is 13.2 Å². The predicted molar refractivity (Wildman–Crippen MR) is 55.4 cm³/mol. The van der Waals surface area contributed by atoms with Crippen LogP contribution in [0.25, 0.3) is 10.9 Å². The molecular formula is C9H11N3S. The van der Waals surface area contributed by atoms with Crippen LogP contribution in [0.3, 0.4) is 0 Å². The fourth-order valence-corrected chi connectivity index (χ4v) is 1.91. The summed E-state index contributed by atoms with van der Waals surface area (Å²) in [5.41, 5.74) is 3.56. The summed E-state index contributed by atoms with van der Waals surface area (Å²) in [5, 5.41) is 7.93. The molecule has 0 aliphatic rings. The number of fused-ring (bicyclic) bond motifs is 1. The van der Waals surface area contributed by atoms with Crippen LogP contribution in [0.15, 0.2) is 6.20 Å². The van der Waals surface area contributed by atoms with Crippen LogP contribution in [0.4, 0.5) is 0 Å². The summed E-state index contributed by atoms with van der Waals surface area (Å²) in [6.45, 7) is 4.18. The first kappa shape index (κ1) is 8.44. The lowest BCUT2D eigenvalue weighted by Gasteiger charge is -1.97. The number of rotatable bonds is 0. The zero-order chi connectivity index (χ0) is 9.59. The Kier molecular flexibility index (Phi) is 1.73. The van der Waals surface area contributed by atoms with Crippen molar-refractivity contribution in [3.05, 3.63) is 22.1 Å². The van der Waals surface area contributed by atoms with E-state index in [-0.39, 0.29) is 0 Å². The number of H-pyrrole nitrogens is 1. The molecule has 1 N–H and O–H groups in total. The number of aromatic nitrogens is 3. The molecule has 2 aromatic heterocycles. The molecule has 2 heterocycles. The number of hydrogen-bond acceptors (Lipinski definition) is 2. The van der Waals surface area contributed by atoms with E-state index in [1.165, 1.54) is 11.3 Å². The van der Waals surface area contributed by atoms with Crippen LogP contribution < -0.4 is 0 Å². The maximum atomic E-state index is 5.18. The standard InChI is InChI=1S/C9H11N3S/c1-5-6(2)12(3)8-7(5)4-10-11-9(8)13/h4H,1-3H3,(H,11,13). The van der Waals surface area contributed by atoms with E-state index in [1.54, 1.807) is 0 Å². The van der Waals surface area contributed by atoms with Crippen LogP contribution in [-0.2, 0) is 7.05 Å². The van der Waals surface area contributed by atoms with Crippen LogP contribution in [0.2, 0.25) is 0 Å². The van der Waals surface area contributed by atoms with Gasteiger partial charge in [-0.25, -0.2) is 0 Å². The van der Waals surface area contributed by atoms with Crippen molar-refractivity contribution < 1.29 is 0 Å². The van der Waals surface area contributed by atoms with Gasteiger partial charge in [0.2, 0.25) is 0 Å². The van der Waals surface area contributed by atoms with E-state index < -0.39 is 0 Å². The minimum Gasteiger partial charge on any atom is -0.345 e. The molecule has 0 aromatic carbocycles. The van der Waals surface area contributed by atoms with Gasteiger partial charge in [-0.2, -0.15) is 5.10 Å². The molecule has 2 aromatic rings. The highest BCUT2D eigenvalue weighted by atomic mass is 32.1. The molecule has 68 valence electrons. The second kappa shape index (κ2) is 2.67. The highest BCUT2D eigenvalue weighted by molar-refractivity contribution is 7.71. The van der Waals surface area contributed by atoms with Gasteiger partial charge in [0.1, 0.15) is 4.64 Å². The maximum Gasteiger partial charge on any atom is 0.144 e. The summed E-state index contributed by atoms with van der Waals surface area (Å²) in [6.07, 6.45) is 1.83. The Hall–Kier alpha value is -1.16. The summed E-state index contributed by atoms with van der Waals surface area (Å²) >= 11 is 5.18. The summed E-state index contributed by atoms with van der Waals surface area (Å²) in [7, 11) is 2.02. The Morgan fingerprint density at radius 3 is 2.77 bits per heavy atom. The van der Waals surface area contributed by atoms with Crippen LogP contribution >= 0.6 is 12.2 Å². The van der Waals surface area contributed by atoms with Crippen molar-refractivity contribution in [1.29, 1.82) is 0 Å². The minimum absolute atomic E-state index is 0.705. The highest BCUT2D eigenvalue weighted by Crippen LogP contribution is 2.22. The quantitative estimate of drug-likeness (QED) is 0.651. The van der Waals surface area contributed by atoms with Gasteiger partial charge in [-0.1, -0.05) is 12.2 Å². The first-order valence-electron chi connectivity index (χ1n) is 4.12. The van der Waals surface area contributed by atoms with E-state index in [4.69, 9.17) is 12.2 Å². The molecule has 0 fully saturated rings.